The Labute approximate surface area is 126 Å². The summed E-state index contributed by atoms with van der Waals surface area (Å²) >= 11 is 1.30. The van der Waals surface area contributed by atoms with E-state index in [9.17, 15) is 4.79 Å². The van der Waals surface area contributed by atoms with Crippen LogP contribution in [-0.4, -0.2) is 17.5 Å². The maximum atomic E-state index is 12.0. The molecule has 0 saturated carbocycles. The van der Waals surface area contributed by atoms with Crippen molar-refractivity contribution in [3.05, 3.63) is 47.0 Å². The molecule has 21 heavy (non-hydrogen) atoms. The van der Waals surface area contributed by atoms with Crippen LogP contribution in [0.25, 0.3) is 6.08 Å². The number of nitrogens with zero attached hydrogens (tertiary/aromatic N) is 2. The first-order valence-electron chi connectivity index (χ1n) is 6.28. The minimum Gasteiger partial charge on any atom is -0.494 e. The average Bonchev–Trinajstić information content (AvgIpc) is 2.99. The van der Waals surface area contributed by atoms with Gasteiger partial charge in [-0.05, 0) is 30.7 Å². The van der Waals surface area contributed by atoms with Crippen molar-refractivity contribution >= 4 is 28.5 Å². The fourth-order valence-corrected chi connectivity index (χ4v) is 2.12. The topological polar surface area (TPSA) is 75.0 Å². The highest BCUT2D eigenvalue weighted by Crippen LogP contribution is 2.16. The number of hydrogen-bond acceptors (Lipinski definition) is 5. The van der Waals surface area contributed by atoms with Crippen LogP contribution < -0.4 is 10.1 Å². The van der Waals surface area contributed by atoms with Gasteiger partial charge in [0.2, 0.25) is 0 Å². The number of benzene rings is 1. The first-order valence-corrected chi connectivity index (χ1v) is 7.16. The van der Waals surface area contributed by atoms with Gasteiger partial charge in [-0.15, -0.1) is 11.3 Å². The normalized spacial score (nSPS) is 10.8. The second-order valence-corrected chi connectivity index (χ2v) is 4.86. The molecule has 1 N–H and O–H groups in total. The Morgan fingerprint density at radius 3 is 2.81 bits per heavy atom. The maximum absolute atomic E-state index is 12.0. The van der Waals surface area contributed by atoms with Crippen LogP contribution in [0, 0.1) is 11.3 Å². The number of ether oxygens (including phenoxy) is 1. The van der Waals surface area contributed by atoms with Crippen LogP contribution in [0.5, 0.6) is 5.75 Å². The molecular weight excluding hydrogens is 286 g/mol. The molecule has 0 aliphatic heterocycles. The quantitative estimate of drug-likeness (QED) is 0.680. The summed E-state index contributed by atoms with van der Waals surface area (Å²) in [5.41, 5.74) is 0.777. The molecule has 1 aromatic carbocycles. The summed E-state index contributed by atoms with van der Waals surface area (Å²) in [7, 11) is 0. The zero-order valence-electron chi connectivity index (χ0n) is 11.4. The highest BCUT2D eigenvalue weighted by atomic mass is 32.1. The van der Waals surface area contributed by atoms with Gasteiger partial charge in [-0.25, -0.2) is 4.98 Å². The van der Waals surface area contributed by atoms with Crippen molar-refractivity contribution in [1.82, 2.24) is 4.98 Å². The van der Waals surface area contributed by atoms with E-state index in [1.165, 1.54) is 17.4 Å². The number of carbonyl (C=O) groups excluding carboxylic acids is 1. The Hall–Kier alpha value is -2.65. The largest absolute Gasteiger partial charge is 0.494 e. The van der Waals surface area contributed by atoms with Crippen molar-refractivity contribution in [2.24, 2.45) is 0 Å². The minimum absolute atomic E-state index is 0.0226. The molecule has 1 heterocycles. The third kappa shape index (κ3) is 4.16. The third-order valence-corrected chi connectivity index (χ3v) is 3.21. The van der Waals surface area contributed by atoms with Crippen molar-refractivity contribution in [2.45, 2.75) is 6.92 Å². The lowest BCUT2D eigenvalue weighted by molar-refractivity contribution is -0.112. The molecule has 5 nitrogen and oxygen atoms in total. The molecule has 0 unspecified atom stereocenters. The van der Waals surface area contributed by atoms with E-state index in [1.54, 1.807) is 35.8 Å². The number of nitrogens with one attached hydrogen (secondary N) is 1. The standard InChI is InChI=1S/C15H13N3O2S/c1-2-20-13-5-3-11(4-6-13)9-12(10-16)14(19)18-15-17-7-8-21-15/h3-9H,2H2,1H3,(H,17,18,19). The summed E-state index contributed by atoms with van der Waals surface area (Å²) in [6, 6.07) is 9.07. The molecule has 0 atom stereocenters. The van der Waals surface area contributed by atoms with Crippen LogP contribution in [0.1, 0.15) is 12.5 Å². The highest BCUT2D eigenvalue weighted by Gasteiger charge is 2.10. The van der Waals surface area contributed by atoms with E-state index in [0.29, 0.717) is 11.7 Å². The predicted octanol–water partition coefficient (Wildman–Crippen LogP) is 3.09. The molecule has 0 fully saturated rings. The van der Waals surface area contributed by atoms with Gasteiger partial charge in [0.15, 0.2) is 5.13 Å². The Balaban J connectivity index is 2.12. The van der Waals surface area contributed by atoms with Crippen LogP contribution in [-0.2, 0) is 4.79 Å². The number of amides is 1. The van der Waals surface area contributed by atoms with Gasteiger partial charge in [0.05, 0.1) is 6.61 Å². The van der Waals surface area contributed by atoms with Gasteiger partial charge in [0.25, 0.3) is 5.91 Å². The van der Waals surface area contributed by atoms with E-state index in [1.807, 2.05) is 13.0 Å². The van der Waals surface area contributed by atoms with Crippen molar-refractivity contribution in [3.8, 4) is 11.8 Å². The van der Waals surface area contributed by atoms with E-state index < -0.39 is 5.91 Å². The molecular formula is C15H13N3O2S. The Morgan fingerprint density at radius 1 is 1.48 bits per heavy atom. The lowest BCUT2D eigenvalue weighted by Crippen LogP contribution is -2.13. The number of thiazole rings is 1. The zero-order chi connectivity index (χ0) is 15.1. The number of nitriles is 1. The molecule has 0 aliphatic carbocycles. The Kier molecular flexibility index (Phi) is 5.07. The summed E-state index contributed by atoms with van der Waals surface area (Å²) in [5, 5.41) is 13.9. The third-order valence-electron chi connectivity index (χ3n) is 2.52. The first-order chi connectivity index (χ1) is 10.2. The molecule has 0 spiro atoms. The van der Waals surface area contributed by atoms with Crippen LogP contribution in [0.15, 0.2) is 41.4 Å². The molecule has 106 valence electrons. The van der Waals surface area contributed by atoms with Crippen LogP contribution in [0.4, 0.5) is 5.13 Å². The smallest absolute Gasteiger partial charge is 0.268 e. The fourth-order valence-electron chi connectivity index (χ4n) is 1.59. The van der Waals surface area contributed by atoms with Crippen LogP contribution >= 0.6 is 11.3 Å². The van der Waals surface area contributed by atoms with Gasteiger partial charge in [-0.1, -0.05) is 12.1 Å². The summed E-state index contributed by atoms with van der Waals surface area (Å²) in [5.74, 6) is 0.279. The molecule has 0 aliphatic rings. The van der Waals surface area contributed by atoms with Gasteiger partial charge >= 0.3 is 0 Å². The van der Waals surface area contributed by atoms with Crippen LogP contribution in [0.2, 0.25) is 0 Å². The Bertz CT molecular complexity index is 670. The highest BCUT2D eigenvalue weighted by molar-refractivity contribution is 7.13. The monoisotopic (exact) mass is 299 g/mol. The van der Waals surface area contributed by atoms with Crippen molar-refractivity contribution in [3.63, 3.8) is 0 Å². The van der Waals surface area contributed by atoms with Crippen molar-refractivity contribution < 1.29 is 9.53 Å². The van der Waals surface area contributed by atoms with Gasteiger partial charge < -0.3 is 4.74 Å². The molecule has 0 radical (unpaired) electrons. The lowest BCUT2D eigenvalue weighted by atomic mass is 10.1. The molecule has 2 aromatic rings. The number of hydrogen-bond donors (Lipinski definition) is 1. The Morgan fingerprint density at radius 2 is 2.24 bits per heavy atom. The van der Waals surface area contributed by atoms with E-state index in [2.05, 4.69) is 10.3 Å². The van der Waals surface area contributed by atoms with Gasteiger partial charge in [0.1, 0.15) is 17.4 Å². The lowest BCUT2D eigenvalue weighted by Gasteiger charge is -2.03. The predicted molar refractivity (Wildman–Crippen MR) is 81.9 cm³/mol. The van der Waals surface area contributed by atoms with Crippen molar-refractivity contribution in [2.75, 3.05) is 11.9 Å². The number of rotatable bonds is 5. The summed E-state index contributed by atoms with van der Waals surface area (Å²) < 4.78 is 5.34. The number of carbonyl (C=O) groups is 1. The second-order valence-electron chi connectivity index (χ2n) is 3.96. The molecule has 6 heteroatoms. The summed E-state index contributed by atoms with van der Waals surface area (Å²) in [6.07, 6.45) is 3.11. The van der Waals surface area contributed by atoms with Gasteiger partial charge in [-0.3, -0.25) is 10.1 Å². The average molecular weight is 299 g/mol. The summed E-state index contributed by atoms with van der Waals surface area (Å²) in [4.78, 5) is 15.9. The molecule has 2 rings (SSSR count). The summed E-state index contributed by atoms with van der Waals surface area (Å²) in [6.45, 7) is 2.50. The SMILES string of the molecule is CCOc1ccc(C=C(C#N)C(=O)Nc2nccs2)cc1. The molecule has 0 saturated heterocycles. The molecule has 0 bridgehead atoms. The first kappa shape index (κ1) is 14.8. The molecule has 1 aromatic heterocycles. The van der Waals surface area contributed by atoms with Gasteiger partial charge in [0, 0.05) is 11.6 Å². The van der Waals surface area contributed by atoms with Crippen LogP contribution in [0.3, 0.4) is 0 Å². The van der Waals surface area contributed by atoms with E-state index in [4.69, 9.17) is 10.00 Å². The van der Waals surface area contributed by atoms with Crippen molar-refractivity contribution in [1.29, 1.82) is 5.26 Å². The minimum atomic E-state index is -0.471. The maximum Gasteiger partial charge on any atom is 0.268 e. The zero-order valence-corrected chi connectivity index (χ0v) is 12.2. The second kappa shape index (κ2) is 7.22. The van der Waals surface area contributed by atoms with E-state index in [-0.39, 0.29) is 5.57 Å². The van der Waals surface area contributed by atoms with E-state index in [0.717, 1.165) is 11.3 Å². The fraction of sp³-hybridized carbons (Fsp3) is 0.133. The number of aromatic nitrogens is 1. The van der Waals surface area contributed by atoms with Gasteiger partial charge in [-0.2, -0.15) is 5.26 Å². The van der Waals surface area contributed by atoms with E-state index >= 15 is 0 Å². The number of anilines is 1. The molecule has 1 amide bonds.